The molecule has 0 aromatic carbocycles. The van der Waals surface area contributed by atoms with E-state index >= 15 is 0 Å². The summed E-state index contributed by atoms with van der Waals surface area (Å²) in [6.07, 6.45) is 3.45. The van der Waals surface area contributed by atoms with E-state index in [0.29, 0.717) is 0 Å². The number of hydrogen-bond acceptors (Lipinski definition) is 2. The fourth-order valence-corrected chi connectivity index (χ4v) is 0.937. The van der Waals surface area contributed by atoms with Crippen LogP contribution >= 0.6 is 0 Å². The molecule has 0 rings (SSSR count). The average molecular weight is 159 g/mol. The first-order valence-corrected chi connectivity index (χ1v) is 4.24. The largest absolute Gasteiger partial charge is 0.385 e. The van der Waals surface area contributed by atoms with E-state index in [0.717, 1.165) is 32.5 Å². The van der Waals surface area contributed by atoms with Crippen LogP contribution in [-0.2, 0) is 9.47 Å². The van der Waals surface area contributed by atoms with Gasteiger partial charge in [0.15, 0.2) is 0 Å². The average Bonchev–Trinajstić information content (AvgIpc) is 1.99. The second-order valence-electron chi connectivity index (χ2n) is 2.57. The molecule has 0 aliphatic carbocycles. The molecule has 0 aliphatic rings. The molecule has 0 saturated heterocycles. The van der Waals surface area contributed by atoms with Crippen LogP contribution in [0.25, 0.3) is 0 Å². The number of hydrogen-bond donors (Lipinski definition) is 0. The monoisotopic (exact) mass is 159 g/mol. The second kappa shape index (κ2) is 8.02. The van der Waals surface area contributed by atoms with Crippen molar-refractivity contribution in [3.63, 3.8) is 0 Å². The van der Waals surface area contributed by atoms with Crippen LogP contribution in [-0.4, -0.2) is 26.4 Å². The maximum atomic E-state index is 5.27. The van der Waals surface area contributed by atoms with Crippen molar-refractivity contribution >= 4 is 0 Å². The third-order valence-corrected chi connectivity index (χ3v) is 1.53. The number of ether oxygens (including phenoxy) is 2. The molecule has 1 radical (unpaired) electrons. The lowest BCUT2D eigenvalue weighted by atomic mass is 10.2. The Morgan fingerprint density at radius 1 is 1.36 bits per heavy atom. The Morgan fingerprint density at radius 3 is 2.64 bits per heavy atom. The Labute approximate surface area is 69.9 Å². The summed E-state index contributed by atoms with van der Waals surface area (Å²) in [5.41, 5.74) is 0. The zero-order chi connectivity index (χ0) is 8.53. The van der Waals surface area contributed by atoms with Crippen molar-refractivity contribution in [2.24, 2.45) is 0 Å². The molecule has 1 atom stereocenters. The Hall–Kier alpha value is -0.0800. The Bertz CT molecular complexity index is 74.0. The van der Waals surface area contributed by atoms with E-state index in [9.17, 15) is 0 Å². The second-order valence-corrected chi connectivity index (χ2v) is 2.57. The highest BCUT2D eigenvalue weighted by Crippen LogP contribution is 2.03. The molecule has 0 saturated carbocycles. The first-order valence-electron chi connectivity index (χ1n) is 4.24. The van der Waals surface area contributed by atoms with Crippen molar-refractivity contribution in [1.29, 1.82) is 0 Å². The van der Waals surface area contributed by atoms with E-state index in [2.05, 4.69) is 6.92 Å². The van der Waals surface area contributed by atoms with E-state index in [-0.39, 0.29) is 6.10 Å². The third kappa shape index (κ3) is 7.82. The Morgan fingerprint density at radius 2 is 2.09 bits per heavy atom. The minimum Gasteiger partial charge on any atom is -0.385 e. The van der Waals surface area contributed by atoms with Crippen LogP contribution in [0, 0.1) is 6.92 Å². The van der Waals surface area contributed by atoms with Crippen molar-refractivity contribution in [2.75, 3.05) is 20.3 Å². The molecule has 0 heterocycles. The summed E-state index contributed by atoms with van der Waals surface area (Å²) in [5.74, 6) is 0. The van der Waals surface area contributed by atoms with Crippen LogP contribution in [0.15, 0.2) is 0 Å². The van der Waals surface area contributed by atoms with Crippen molar-refractivity contribution in [3.8, 4) is 0 Å². The first-order chi connectivity index (χ1) is 5.31. The molecule has 2 heteroatoms. The molecule has 0 aromatic rings. The normalized spacial score (nSPS) is 13.4. The van der Waals surface area contributed by atoms with Gasteiger partial charge in [0.05, 0.1) is 6.10 Å². The van der Waals surface area contributed by atoms with Crippen LogP contribution in [0.1, 0.15) is 26.2 Å². The zero-order valence-electron chi connectivity index (χ0n) is 7.64. The molecule has 0 aromatic heterocycles. The topological polar surface area (TPSA) is 18.5 Å². The maximum Gasteiger partial charge on any atom is 0.0576 e. The van der Waals surface area contributed by atoms with E-state index in [1.54, 1.807) is 7.11 Å². The Kier molecular flexibility index (Phi) is 7.96. The van der Waals surface area contributed by atoms with E-state index in [1.807, 2.05) is 6.92 Å². The van der Waals surface area contributed by atoms with E-state index in [4.69, 9.17) is 9.47 Å². The van der Waals surface area contributed by atoms with Gasteiger partial charge >= 0.3 is 0 Å². The highest BCUT2D eigenvalue weighted by Gasteiger charge is 1.99. The summed E-state index contributed by atoms with van der Waals surface area (Å²) in [5, 5.41) is 0. The summed E-state index contributed by atoms with van der Waals surface area (Å²) < 4.78 is 10.2. The van der Waals surface area contributed by atoms with Gasteiger partial charge in [0.1, 0.15) is 0 Å². The lowest BCUT2D eigenvalue weighted by molar-refractivity contribution is 0.0841. The number of unbranched alkanes of at least 4 members (excludes halogenated alkanes) is 1. The smallest absolute Gasteiger partial charge is 0.0576 e. The van der Waals surface area contributed by atoms with Crippen LogP contribution < -0.4 is 0 Å². The van der Waals surface area contributed by atoms with Gasteiger partial charge in [0.25, 0.3) is 0 Å². The highest BCUT2D eigenvalue weighted by atomic mass is 16.5. The molecule has 67 valence electrons. The molecule has 0 bridgehead atoms. The predicted molar refractivity (Wildman–Crippen MR) is 46.5 cm³/mol. The number of methoxy groups -OCH3 is 1. The number of rotatable bonds is 7. The minimum atomic E-state index is 0.164. The summed E-state index contributed by atoms with van der Waals surface area (Å²) in [4.78, 5) is 0. The van der Waals surface area contributed by atoms with E-state index < -0.39 is 0 Å². The lowest BCUT2D eigenvalue weighted by Crippen LogP contribution is -2.08. The third-order valence-electron chi connectivity index (χ3n) is 1.53. The van der Waals surface area contributed by atoms with Gasteiger partial charge in [-0.1, -0.05) is 0 Å². The first kappa shape index (κ1) is 10.9. The van der Waals surface area contributed by atoms with Crippen LogP contribution in [0.4, 0.5) is 0 Å². The van der Waals surface area contributed by atoms with Gasteiger partial charge in [-0.15, -0.1) is 0 Å². The van der Waals surface area contributed by atoms with E-state index in [1.165, 1.54) is 0 Å². The molecule has 0 N–H and O–H groups in total. The van der Waals surface area contributed by atoms with Crippen molar-refractivity contribution in [3.05, 3.63) is 6.92 Å². The van der Waals surface area contributed by atoms with Gasteiger partial charge in [0.2, 0.25) is 0 Å². The van der Waals surface area contributed by atoms with Crippen LogP contribution in [0.2, 0.25) is 0 Å². The molecule has 1 unspecified atom stereocenters. The fourth-order valence-electron chi connectivity index (χ4n) is 0.937. The lowest BCUT2D eigenvalue weighted by Gasteiger charge is -2.10. The van der Waals surface area contributed by atoms with Gasteiger partial charge in [-0.05, 0) is 33.1 Å². The minimum absolute atomic E-state index is 0.164. The molecule has 2 nitrogen and oxygen atoms in total. The van der Waals surface area contributed by atoms with Crippen molar-refractivity contribution in [1.82, 2.24) is 0 Å². The van der Waals surface area contributed by atoms with Gasteiger partial charge < -0.3 is 9.47 Å². The standard InChI is InChI=1S/C9H19O2/c1-4-11-9(2)7-5-6-8-10-3/h9H,2,4-8H2,1,3H3. The molecule has 0 spiro atoms. The quantitative estimate of drug-likeness (QED) is 0.529. The van der Waals surface area contributed by atoms with Crippen LogP contribution in [0.3, 0.4) is 0 Å². The van der Waals surface area contributed by atoms with Gasteiger partial charge in [-0.25, -0.2) is 0 Å². The molecule has 11 heavy (non-hydrogen) atoms. The molecular weight excluding hydrogens is 140 g/mol. The predicted octanol–water partition coefficient (Wildman–Crippen LogP) is 2.04. The molecule has 0 aliphatic heterocycles. The van der Waals surface area contributed by atoms with Crippen molar-refractivity contribution < 1.29 is 9.47 Å². The molecule has 0 fully saturated rings. The highest BCUT2D eigenvalue weighted by molar-refractivity contribution is 4.59. The zero-order valence-corrected chi connectivity index (χ0v) is 7.64. The van der Waals surface area contributed by atoms with Gasteiger partial charge in [-0.3, -0.25) is 0 Å². The van der Waals surface area contributed by atoms with Crippen LogP contribution in [0.5, 0.6) is 0 Å². The summed E-state index contributed by atoms with van der Waals surface area (Å²) in [7, 11) is 1.73. The van der Waals surface area contributed by atoms with Gasteiger partial charge in [-0.2, -0.15) is 0 Å². The molecule has 0 amide bonds. The fraction of sp³-hybridized carbons (Fsp3) is 0.889. The maximum absolute atomic E-state index is 5.27. The SMILES string of the molecule is [CH2]C(CCCCOC)OCC. The van der Waals surface area contributed by atoms with Crippen molar-refractivity contribution in [2.45, 2.75) is 32.3 Å². The summed E-state index contributed by atoms with van der Waals surface area (Å²) in [6.45, 7) is 7.46. The summed E-state index contributed by atoms with van der Waals surface area (Å²) in [6, 6.07) is 0. The summed E-state index contributed by atoms with van der Waals surface area (Å²) >= 11 is 0. The molecular formula is C9H19O2. The Balaban J connectivity index is 2.97. The van der Waals surface area contributed by atoms with Gasteiger partial charge in [0, 0.05) is 20.3 Å².